The second-order valence-electron chi connectivity index (χ2n) is 11.0. The molecule has 5 fully saturated rings. The van der Waals surface area contributed by atoms with Crippen LogP contribution < -0.4 is 0 Å². The van der Waals surface area contributed by atoms with Gasteiger partial charge in [0.2, 0.25) is 0 Å². The van der Waals surface area contributed by atoms with Gasteiger partial charge in [-0.15, -0.1) is 0 Å². The Morgan fingerprint density at radius 1 is 0.595 bits per heavy atom. The van der Waals surface area contributed by atoms with E-state index in [1.165, 1.54) is 45.4 Å². The van der Waals surface area contributed by atoms with Crippen molar-refractivity contribution in [2.24, 2.45) is 35.5 Å². The average Bonchev–Trinajstić information content (AvgIpc) is 3.43. The zero-order chi connectivity index (χ0) is 31.4. The summed E-state index contributed by atoms with van der Waals surface area (Å²) in [5.74, 6) is -5.49. The van der Waals surface area contributed by atoms with Gasteiger partial charge in [-0.2, -0.15) is 0 Å². The highest BCUT2D eigenvalue weighted by Gasteiger charge is 2.49. The third-order valence-corrected chi connectivity index (χ3v) is 8.11. The van der Waals surface area contributed by atoms with Crippen LogP contribution >= 0.6 is 0 Å². The van der Waals surface area contributed by atoms with Crippen LogP contribution in [-0.2, 0) is 52.5 Å². The zero-order valence-electron chi connectivity index (χ0n) is 25.1. The Morgan fingerprint density at radius 3 is 1.38 bits per heavy atom. The van der Waals surface area contributed by atoms with E-state index in [0.29, 0.717) is 37.9 Å². The first-order valence-corrected chi connectivity index (χ1v) is 15.1. The number of hydrogen-bond donors (Lipinski definition) is 0. The standard InChI is InChI=1S/C12H14O5.C11H12O6.C6H12.C2H6/c1-6-9-4-3-8(11(14)17-7(2)13)5-10(9)12(15)16-6;1-5(12)16-9(13)6-2-3-7-8(4-6)11(15)17-10(7)14;1-2-4-6-5-3-1;1-2/h8-10H,1,3-5H2,2H3;6-8H,2-4H2,1H3;1-6H2;1-2H3. The summed E-state index contributed by atoms with van der Waals surface area (Å²) in [4.78, 5) is 78.5. The third-order valence-electron chi connectivity index (χ3n) is 8.11. The van der Waals surface area contributed by atoms with E-state index in [4.69, 9.17) is 4.74 Å². The summed E-state index contributed by atoms with van der Waals surface area (Å²) in [6.07, 6.45) is 11.7. The number of cyclic esters (lactones) is 3. The monoisotopic (exact) mass is 592 g/mol. The fraction of sp³-hybridized carbons (Fsp3) is 0.710. The van der Waals surface area contributed by atoms with E-state index in [1.54, 1.807) is 0 Å². The fourth-order valence-corrected chi connectivity index (χ4v) is 6.00. The topological polar surface area (TPSA) is 156 Å². The van der Waals surface area contributed by atoms with Crippen molar-refractivity contribution in [3.63, 3.8) is 0 Å². The van der Waals surface area contributed by atoms with Crippen molar-refractivity contribution < 1.29 is 52.5 Å². The predicted octanol–water partition coefficient (Wildman–Crippen LogP) is 4.74. The lowest BCUT2D eigenvalue weighted by molar-refractivity contribution is -0.164. The molecule has 0 bridgehead atoms. The van der Waals surface area contributed by atoms with E-state index in [9.17, 15) is 33.6 Å². The Bertz CT molecular complexity index is 954. The number of ether oxygens (including phenoxy) is 4. The molecule has 6 atom stereocenters. The van der Waals surface area contributed by atoms with Crippen LogP contribution in [0.2, 0.25) is 0 Å². The first-order valence-electron chi connectivity index (χ1n) is 15.1. The average molecular weight is 593 g/mol. The Labute approximate surface area is 247 Å². The molecular weight excluding hydrogens is 548 g/mol. The quantitative estimate of drug-likeness (QED) is 0.248. The molecule has 234 valence electrons. The van der Waals surface area contributed by atoms with E-state index >= 15 is 0 Å². The van der Waals surface area contributed by atoms with Gasteiger partial charge < -0.3 is 18.9 Å². The van der Waals surface area contributed by atoms with Crippen molar-refractivity contribution >= 4 is 41.8 Å². The van der Waals surface area contributed by atoms with Crippen LogP contribution in [0.3, 0.4) is 0 Å². The summed E-state index contributed by atoms with van der Waals surface area (Å²) in [7, 11) is 0. The molecule has 0 aromatic rings. The molecule has 6 unspecified atom stereocenters. The number of hydrogen-bond acceptors (Lipinski definition) is 11. The second kappa shape index (κ2) is 16.9. The first kappa shape index (κ1) is 34.8. The SMILES string of the molecule is C1CCCCC1.C=C1OC(=O)C2CC(C(=O)OC(C)=O)CCC12.CC.CC(=O)OC(=O)C1CCC2C(=O)OC(=O)C2C1. The molecule has 11 nitrogen and oxygen atoms in total. The molecule has 0 aromatic carbocycles. The van der Waals surface area contributed by atoms with Gasteiger partial charge in [0.1, 0.15) is 5.76 Å². The van der Waals surface area contributed by atoms with Crippen LogP contribution in [0.5, 0.6) is 0 Å². The van der Waals surface area contributed by atoms with E-state index in [-0.39, 0.29) is 24.2 Å². The molecule has 5 aliphatic rings. The van der Waals surface area contributed by atoms with Gasteiger partial charge in [-0.25, -0.2) is 0 Å². The summed E-state index contributed by atoms with van der Waals surface area (Å²) in [5.41, 5.74) is 0. The largest absolute Gasteiger partial charge is 0.431 e. The molecule has 42 heavy (non-hydrogen) atoms. The molecule has 0 amide bonds. The summed E-state index contributed by atoms with van der Waals surface area (Å²) in [6.45, 7) is 10.0. The highest BCUT2D eigenvalue weighted by Crippen LogP contribution is 2.44. The Morgan fingerprint density at radius 2 is 0.952 bits per heavy atom. The van der Waals surface area contributed by atoms with Gasteiger partial charge in [0, 0.05) is 19.8 Å². The zero-order valence-corrected chi connectivity index (χ0v) is 25.1. The van der Waals surface area contributed by atoms with Crippen LogP contribution in [0.25, 0.3) is 0 Å². The predicted molar refractivity (Wildman–Crippen MR) is 148 cm³/mol. The van der Waals surface area contributed by atoms with Crippen LogP contribution in [0.4, 0.5) is 0 Å². The number of allylic oxidation sites excluding steroid dienone is 1. The number of fused-ring (bicyclic) bond motifs is 2. The maximum atomic E-state index is 11.6. The van der Waals surface area contributed by atoms with Crippen molar-refractivity contribution in [3.05, 3.63) is 12.3 Å². The number of carbonyl (C=O) groups excluding carboxylic acids is 7. The normalized spacial score (nSPS) is 29.2. The van der Waals surface area contributed by atoms with Gasteiger partial charge in [0.25, 0.3) is 0 Å². The third kappa shape index (κ3) is 9.87. The van der Waals surface area contributed by atoms with Crippen LogP contribution in [0.15, 0.2) is 12.3 Å². The van der Waals surface area contributed by atoms with Crippen LogP contribution in [0, 0.1) is 35.5 Å². The highest BCUT2D eigenvalue weighted by molar-refractivity contribution is 5.97. The van der Waals surface area contributed by atoms with Gasteiger partial charge >= 0.3 is 41.8 Å². The van der Waals surface area contributed by atoms with Gasteiger partial charge in [0.15, 0.2) is 0 Å². The number of esters is 7. The van der Waals surface area contributed by atoms with E-state index in [0.717, 1.165) is 6.92 Å². The molecule has 5 rings (SSSR count). The molecule has 0 spiro atoms. The van der Waals surface area contributed by atoms with Gasteiger partial charge in [-0.3, -0.25) is 33.6 Å². The molecule has 0 radical (unpaired) electrons. The molecule has 0 aromatic heterocycles. The molecule has 2 aliphatic heterocycles. The van der Waals surface area contributed by atoms with E-state index in [1.807, 2.05) is 13.8 Å². The van der Waals surface area contributed by atoms with E-state index in [2.05, 4.69) is 20.8 Å². The summed E-state index contributed by atoms with van der Waals surface area (Å²) in [6, 6.07) is 0. The summed E-state index contributed by atoms with van der Waals surface area (Å²) >= 11 is 0. The Balaban J connectivity index is 0.000000234. The van der Waals surface area contributed by atoms with Crippen molar-refractivity contribution in [1.82, 2.24) is 0 Å². The summed E-state index contributed by atoms with van der Waals surface area (Å²) < 4.78 is 18.5. The molecule has 3 aliphatic carbocycles. The van der Waals surface area contributed by atoms with Crippen LogP contribution in [0.1, 0.15) is 105 Å². The van der Waals surface area contributed by atoms with E-state index < -0.39 is 59.5 Å². The first-order chi connectivity index (χ1) is 20.0. The molecule has 0 N–H and O–H groups in total. The fourth-order valence-electron chi connectivity index (χ4n) is 6.00. The smallest absolute Gasteiger partial charge is 0.317 e. The lowest BCUT2D eigenvalue weighted by Gasteiger charge is -2.26. The molecule has 2 saturated heterocycles. The molecule has 3 saturated carbocycles. The van der Waals surface area contributed by atoms with Gasteiger partial charge in [0.05, 0.1) is 29.6 Å². The summed E-state index contributed by atoms with van der Waals surface area (Å²) in [5, 5.41) is 0. The molecule has 2 heterocycles. The maximum absolute atomic E-state index is 11.6. The number of rotatable bonds is 2. The number of carbonyl (C=O) groups is 7. The lowest BCUT2D eigenvalue weighted by atomic mass is 9.75. The Hall–Kier alpha value is -3.37. The van der Waals surface area contributed by atoms with Crippen molar-refractivity contribution in [3.8, 4) is 0 Å². The molecule has 11 heteroatoms. The van der Waals surface area contributed by atoms with Crippen molar-refractivity contribution in [2.45, 2.75) is 105 Å². The lowest BCUT2D eigenvalue weighted by Crippen LogP contribution is -2.32. The van der Waals surface area contributed by atoms with Gasteiger partial charge in [-0.05, 0) is 38.5 Å². The van der Waals surface area contributed by atoms with Crippen LogP contribution in [-0.4, -0.2) is 41.8 Å². The molecular formula is C31H44O11. The van der Waals surface area contributed by atoms with Crippen molar-refractivity contribution in [1.29, 1.82) is 0 Å². The minimum atomic E-state index is -0.665. The maximum Gasteiger partial charge on any atom is 0.317 e. The van der Waals surface area contributed by atoms with Crippen molar-refractivity contribution in [2.75, 3.05) is 0 Å². The highest BCUT2D eigenvalue weighted by atomic mass is 16.6. The van der Waals surface area contributed by atoms with Gasteiger partial charge in [-0.1, -0.05) is 59.0 Å². The minimum absolute atomic E-state index is 0.0175. The minimum Gasteiger partial charge on any atom is -0.431 e. The second-order valence-corrected chi connectivity index (χ2v) is 11.0. The Kier molecular flexibility index (Phi) is 14.0.